The van der Waals surface area contributed by atoms with Crippen LogP contribution in [-0.4, -0.2) is 24.8 Å². The third-order valence-corrected chi connectivity index (χ3v) is 4.94. The van der Waals surface area contributed by atoms with Crippen molar-refractivity contribution in [1.29, 1.82) is 0 Å². The van der Waals surface area contributed by atoms with Gasteiger partial charge in [0.2, 0.25) is 0 Å². The molecule has 2 aromatic rings. The molecule has 0 aliphatic heterocycles. The number of phenolic OH excluding ortho intramolecular Hbond substituents is 2. The van der Waals surface area contributed by atoms with Gasteiger partial charge in [0.05, 0.1) is 16.3 Å². The highest BCUT2D eigenvalue weighted by molar-refractivity contribution is 7.89. The van der Waals surface area contributed by atoms with Gasteiger partial charge >= 0.3 is 0 Å². The molecule has 0 atom stereocenters. The Hall–Kier alpha value is -1.96. The number of hydrogen-bond acceptors (Lipinski definition) is 5. The van der Waals surface area contributed by atoms with Crippen LogP contribution < -0.4 is 4.83 Å². The molecule has 0 amide bonds. The fourth-order valence-electron chi connectivity index (χ4n) is 1.78. The highest BCUT2D eigenvalue weighted by Crippen LogP contribution is 2.30. The summed E-state index contributed by atoms with van der Waals surface area (Å²) in [6.07, 6.45) is 1.16. The van der Waals surface area contributed by atoms with Crippen LogP contribution in [0.25, 0.3) is 0 Å². The first-order chi connectivity index (χ1) is 10.7. The highest BCUT2D eigenvalue weighted by atomic mass is 35.5. The summed E-state index contributed by atoms with van der Waals surface area (Å²) in [5, 5.41) is 22.1. The Morgan fingerprint density at radius 2 is 1.70 bits per heavy atom. The van der Waals surface area contributed by atoms with Crippen molar-refractivity contribution in [2.45, 2.75) is 11.8 Å². The molecule has 0 aliphatic carbocycles. The van der Waals surface area contributed by atoms with E-state index in [-0.39, 0.29) is 26.4 Å². The standard InChI is InChI=1S/C14H12Cl2N2O4S/c1-8-4-10(15)14(11(16)5-8)23(21,22)18-17-7-9-2-3-12(19)13(20)6-9/h2-7,18-20H,1H3. The molecule has 9 heteroatoms. The minimum absolute atomic E-state index is 0.0139. The van der Waals surface area contributed by atoms with Crippen LogP contribution >= 0.6 is 23.2 Å². The summed E-state index contributed by atoms with van der Waals surface area (Å²) in [7, 11) is -4.05. The molecule has 0 heterocycles. The van der Waals surface area contributed by atoms with Crippen LogP contribution in [0, 0.1) is 6.92 Å². The average Bonchev–Trinajstić information content (AvgIpc) is 2.41. The molecule has 0 fully saturated rings. The highest BCUT2D eigenvalue weighted by Gasteiger charge is 2.21. The summed E-state index contributed by atoms with van der Waals surface area (Å²) in [5.74, 6) is -0.637. The van der Waals surface area contributed by atoms with Crippen LogP contribution in [0.1, 0.15) is 11.1 Å². The van der Waals surface area contributed by atoms with Gasteiger partial charge in [-0.1, -0.05) is 23.2 Å². The first kappa shape index (κ1) is 17.4. The molecular formula is C14H12Cl2N2O4S. The minimum atomic E-state index is -4.05. The monoisotopic (exact) mass is 374 g/mol. The van der Waals surface area contributed by atoms with Crippen molar-refractivity contribution >= 4 is 39.4 Å². The van der Waals surface area contributed by atoms with Crippen LogP contribution in [0.3, 0.4) is 0 Å². The zero-order valence-electron chi connectivity index (χ0n) is 11.8. The Morgan fingerprint density at radius 3 is 2.26 bits per heavy atom. The number of hydrazone groups is 1. The van der Waals surface area contributed by atoms with Gasteiger partial charge in [-0.15, -0.1) is 0 Å². The molecule has 0 aliphatic rings. The molecule has 2 rings (SSSR count). The van der Waals surface area contributed by atoms with E-state index in [2.05, 4.69) is 5.10 Å². The molecule has 23 heavy (non-hydrogen) atoms. The zero-order valence-corrected chi connectivity index (χ0v) is 14.1. The molecule has 0 saturated carbocycles. The fourth-order valence-corrected chi connectivity index (χ4v) is 3.90. The number of nitrogens with zero attached hydrogens (tertiary/aromatic N) is 1. The number of halogens is 2. The third kappa shape index (κ3) is 4.07. The van der Waals surface area contributed by atoms with E-state index >= 15 is 0 Å². The number of nitrogens with one attached hydrogen (secondary N) is 1. The lowest BCUT2D eigenvalue weighted by Crippen LogP contribution is -2.19. The van der Waals surface area contributed by atoms with Crippen molar-refractivity contribution in [3.63, 3.8) is 0 Å². The summed E-state index contributed by atoms with van der Waals surface area (Å²) >= 11 is 11.9. The summed E-state index contributed by atoms with van der Waals surface area (Å²) in [6.45, 7) is 1.73. The Morgan fingerprint density at radius 1 is 1.09 bits per heavy atom. The summed E-state index contributed by atoms with van der Waals surface area (Å²) in [6, 6.07) is 6.87. The van der Waals surface area contributed by atoms with E-state index in [0.29, 0.717) is 5.56 Å². The van der Waals surface area contributed by atoms with E-state index in [0.717, 1.165) is 11.8 Å². The molecule has 3 N–H and O–H groups in total. The summed E-state index contributed by atoms with van der Waals surface area (Å²) in [4.78, 5) is 1.72. The van der Waals surface area contributed by atoms with Crippen LogP contribution in [-0.2, 0) is 10.0 Å². The number of aromatic hydroxyl groups is 2. The van der Waals surface area contributed by atoms with Crippen LogP contribution in [0.2, 0.25) is 10.0 Å². The number of aryl methyl sites for hydroxylation is 1. The normalized spacial score (nSPS) is 11.8. The SMILES string of the molecule is Cc1cc(Cl)c(S(=O)(=O)NN=Cc2ccc(O)c(O)c2)c(Cl)c1. The van der Waals surface area contributed by atoms with Gasteiger partial charge in [-0.05, 0) is 48.4 Å². The van der Waals surface area contributed by atoms with E-state index in [4.69, 9.17) is 23.2 Å². The lowest BCUT2D eigenvalue weighted by Gasteiger charge is -2.08. The van der Waals surface area contributed by atoms with E-state index in [9.17, 15) is 18.6 Å². The minimum Gasteiger partial charge on any atom is -0.504 e. The Labute approximate surface area is 143 Å². The van der Waals surface area contributed by atoms with E-state index in [1.54, 1.807) is 6.92 Å². The van der Waals surface area contributed by atoms with Crippen molar-refractivity contribution in [3.05, 3.63) is 51.5 Å². The first-order valence-electron chi connectivity index (χ1n) is 6.23. The maximum atomic E-state index is 12.2. The number of phenols is 2. The Balaban J connectivity index is 2.25. The predicted octanol–water partition coefficient (Wildman–Crippen LogP) is 3.03. The topological polar surface area (TPSA) is 99.0 Å². The van der Waals surface area contributed by atoms with Crippen molar-refractivity contribution in [3.8, 4) is 11.5 Å². The summed E-state index contributed by atoms with van der Waals surface area (Å²) < 4.78 is 24.4. The van der Waals surface area contributed by atoms with Gasteiger partial charge < -0.3 is 10.2 Å². The van der Waals surface area contributed by atoms with Crippen molar-refractivity contribution in [2.24, 2.45) is 5.10 Å². The fraction of sp³-hybridized carbons (Fsp3) is 0.0714. The van der Waals surface area contributed by atoms with Gasteiger partial charge in [0.25, 0.3) is 10.0 Å². The van der Waals surface area contributed by atoms with Gasteiger partial charge in [0.1, 0.15) is 4.90 Å². The maximum Gasteiger partial charge on any atom is 0.279 e. The van der Waals surface area contributed by atoms with Gasteiger partial charge in [0.15, 0.2) is 11.5 Å². The van der Waals surface area contributed by atoms with Crippen molar-refractivity contribution in [2.75, 3.05) is 0 Å². The molecule has 0 bridgehead atoms. The van der Waals surface area contributed by atoms with E-state index in [1.807, 2.05) is 4.83 Å². The molecule has 6 nitrogen and oxygen atoms in total. The van der Waals surface area contributed by atoms with Gasteiger partial charge in [-0.3, -0.25) is 0 Å². The van der Waals surface area contributed by atoms with Crippen LogP contribution in [0.5, 0.6) is 11.5 Å². The Bertz CT molecular complexity index is 859. The maximum absolute atomic E-state index is 12.2. The van der Waals surface area contributed by atoms with Gasteiger partial charge in [-0.25, -0.2) is 0 Å². The quantitative estimate of drug-likeness (QED) is 0.435. The predicted molar refractivity (Wildman–Crippen MR) is 88.9 cm³/mol. The summed E-state index contributed by atoms with van der Waals surface area (Å²) in [5.41, 5.74) is 1.10. The van der Waals surface area contributed by atoms with Gasteiger partial charge in [0, 0.05) is 0 Å². The number of sulfonamides is 1. The lowest BCUT2D eigenvalue weighted by molar-refractivity contribution is 0.403. The largest absolute Gasteiger partial charge is 0.504 e. The molecule has 0 aromatic heterocycles. The van der Waals surface area contributed by atoms with Gasteiger partial charge in [-0.2, -0.15) is 18.4 Å². The smallest absolute Gasteiger partial charge is 0.279 e. The number of benzene rings is 2. The molecule has 0 spiro atoms. The Kier molecular flexibility index (Phi) is 5.03. The van der Waals surface area contributed by atoms with Crippen LogP contribution in [0.4, 0.5) is 0 Å². The van der Waals surface area contributed by atoms with Crippen LogP contribution in [0.15, 0.2) is 40.3 Å². The molecule has 0 radical (unpaired) electrons. The molecule has 0 unspecified atom stereocenters. The second-order valence-corrected chi connectivity index (χ2v) is 7.07. The molecular weight excluding hydrogens is 363 g/mol. The van der Waals surface area contributed by atoms with E-state index in [1.165, 1.54) is 30.3 Å². The van der Waals surface area contributed by atoms with E-state index < -0.39 is 10.0 Å². The molecule has 122 valence electrons. The number of rotatable bonds is 4. The zero-order chi connectivity index (χ0) is 17.2. The van der Waals surface area contributed by atoms with Crippen molar-refractivity contribution < 1.29 is 18.6 Å². The molecule has 2 aromatic carbocycles. The molecule has 0 saturated heterocycles. The number of hydrogen-bond donors (Lipinski definition) is 3. The first-order valence-corrected chi connectivity index (χ1v) is 8.47. The second-order valence-electron chi connectivity index (χ2n) is 4.66. The second kappa shape index (κ2) is 6.66. The average molecular weight is 375 g/mol. The third-order valence-electron chi connectivity index (χ3n) is 2.80. The lowest BCUT2D eigenvalue weighted by atomic mass is 10.2. The van der Waals surface area contributed by atoms with Crippen molar-refractivity contribution in [1.82, 2.24) is 4.83 Å².